The molecule has 2 fully saturated rings. The van der Waals surface area contributed by atoms with Crippen molar-refractivity contribution in [3.8, 4) is 0 Å². The minimum Gasteiger partial charge on any atom is -0.481 e. The highest BCUT2D eigenvalue weighted by atomic mass is 16.5. The van der Waals surface area contributed by atoms with Gasteiger partial charge in [0.1, 0.15) is 6.10 Å². The van der Waals surface area contributed by atoms with Gasteiger partial charge in [0, 0.05) is 19.5 Å². The number of hydrogen-bond donors (Lipinski definition) is 1. The summed E-state index contributed by atoms with van der Waals surface area (Å²) in [4.78, 5) is 24.6. The fourth-order valence-corrected chi connectivity index (χ4v) is 2.79. The number of nitrogens with zero attached hydrogens (tertiary/aromatic N) is 1. The Balaban J connectivity index is 1.79. The first kappa shape index (κ1) is 13.3. The van der Waals surface area contributed by atoms with Crippen molar-refractivity contribution in [2.75, 3.05) is 13.1 Å². The standard InChI is InChI=1S/C13H21NO4/c1-9-2-3-11(18-9)13(17)14-6-4-10(5-7-14)8-12(15)16/h9-11H,2-8H2,1H3,(H,15,16). The molecular weight excluding hydrogens is 234 g/mol. The van der Waals surface area contributed by atoms with Crippen molar-refractivity contribution in [2.24, 2.45) is 5.92 Å². The van der Waals surface area contributed by atoms with E-state index in [1.807, 2.05) is 11.8 Å². The average Bonchev–Trinajstić information content (AvgIpc) is 2.75. The minimum absolute atomic E-state index is 0.0909. The van der Waals surface area contributed by atoms with E-state index < -0.39 is 5.97 Å². The number of carbonyl (C=O) groups is 2. The summed E-state index contributed by atoms with van der Waals surface area (Å²) in [6.45, 7) is 3.34. The van der Waals surface area contributed by atoms with E-state index in [0.29, 0.717) is 13.1 Å². The molecule has 0 aromatic carbocycles. The van der Waals surface area contributed by atoms with Crippen LogP contribution >= 0.6 is 0 Å². The molecule has 18 heavy (non-hydrogen) atoms. The molecular formula is C13H21NO4. The van der Waals surface area contributed by atoms with Crippen LogP contribution in [0.1, 0.15) is 39.0 Å². The smallest absolute Gasteiger partial charge is 0.303 e. The third-order valence-corrected chi connectivity index (χ3v) is 3.90. The Kier molecular flexibility index (Phi) is 4.22. The first-order valence-electron chi connectivity index (χ1n) is 6.72. The van der Waals surface area contributed by atoms with Gasteiger partial charge in [-0.25, -0.2) is 0 Å². The zero-order valence-corrected chi connectivity index (χ0v) is 10.8. The molecule has 0 aromatic heterocycles. The SMILES string of the molecule is CC1CCC(C(=O)N2CCC(CC(=O)O)CC2)O1. The van der Waals surface area contributed by atoms with Crippen LogP contribution in [-0.4, -0.2) is 47.2 Å². The van der Waals surface area contributed by atoms with Gasteiger partial charge in [-0.2, -0.15) is 0 Å². The molecule has 102 valence electrons. The molecule has 2 unspecified atom stereocenters. The maximum absolute atomic E-state index is 12.2. The van der Waals surface area contributed by atoms with Crippen LogP contribution in [-0.2, 0) is 14.3 Å². The number of rotatable bonds is 3. The molecule has 1 amide bonds. The number of carboxylic acid groups (broad SMARTS) is 1. The lowest BCUT2D eigenvalue weighted by molar-refractivity contribution is -0.144. The first-order chi connectivity index (χ1) is 8.56. The van der Waals surface area contributed by atoms with Gasteiger partial charge in [0.15, 0.2) is 0 Å². The summed E-state index contributed by atoms with van der Waals surface area (Å²) in [6.07, 6.45) is 3.49. The van der Waals surface area contributed by atoms with Crippen LogP contribution < -0.4 is 0 Å². The van der Waals surface area contributed by atoms with Crippen LogP contribution in [0.2, 0.25) is 0 Å². The normalized spacial score (nSPS) is 29.5. The summed E-state index contributed by atoms with van der Waals surface area (Å²) >= 11 is 0. The Morgan fingerprint density at radius 2 is 1.89 bits per heavy atom. The van der Waals surface area contributed by atoms with Crippen molar-refractivity contribution in [3.05, 3.63) is 0 Å². The Labute approximate surface area is 107 Å². The second-order valence-electron chi connectivity index (χ2n) is 5.38. The van der Waals surface area contributed by atoms with Gasteiger partial charge in [-0.1, -0.05) is 0 Å². The fourth-order valence-electron chi connectivity index (χ4n) is 2.79. The largest absolute Gasteiger partial charge is 0.481 e. The van der Waals surface area contributed by atoms with Gasteiger partial charge in [0.05, 0.1) is 6.10 Å². The molecule has 2 saturated heterocycles. The van der Waals surface area contributed by atoms with E-state index in [0.717, 1.165) is 25.7 Å². The Hall–Kier alpha value is -1.10. The molecule has 5 heteroatoms. The van der Waals surface area contributed by atoms with Crippen LogP contribution in [0.15, 0.2) is 0 Å². The molecule has 0 bridgehead atoms. The molecule has 1 N–H and O–H groups in total. The van der Waals surface area contributed by atoms with E-state index in [1.165, 1.54) is 0 Å². The summed E-state index contributed by atoms with van der Waals surface area (Å²) < 4.78 is 5.58. The molecule has 0 saturated carbocycles. The van der Waals surface area contributed by atoms with Crippen LogP contribution in [0.25, 0.3) is 0 Å². The van der Waals surface area contributed by atoms with Crippen LogP contribution in [0.4, 0.5) is 0 Å². The van der Waals surface area contributed by atoms with Crippen LogP contribution in [0.5, 0.6) is 0 Å². The van der Waals surface area contributed by atoms with Gasteiger partial charge in [0.25, 0.3) is 5.91 Å². The Morgan fingerprint density at radius 1 is 1.22 bits per heavy atom. The highest BCUT2D eigenvalue weighted by Crippen LogP contribution is 2.25. The number of aliphatic carboxylic acids is 1. The molecule has 2 heterocycles. The predicted molar refractivity (Wildman–Crippen MR) is 65.1 cm³/mol. The van der Waals surface area contributed by atoms with Gasteiger partial charge in [-0.05, 0) is 38.5 Å². The van der Waals surface area contributed by atoms with Gasteiger partial charge >= 0.3 is 5.97 Å². The predicted octanol–water partition coefficient (Wildman–Crippen LogP) is 1.27. The third kappa shape index (κ3) is 3.22. The van der Waals surface area contributed by atoms with Gasteiger partial charge in [-0.15, -0.1) is 0 Å². The summed E-state index contributed by atoms with van der Waals surface area (Å²) in [5, 5.41) is 8.74. The quantitative estimate of drug-likeness (QED) is 0.824. The Bertz CT molecular complexity index is 323. The van der Waals surface area contributed by atoms with Gasteiger partial charge in [0.2, 0.25) is 0 Å². The minimum atomic E-state index is -0.743. The van der Waals surface area contributed by atoms with E-state index in [9.17, 15) is 9.59 Å². The maximum atomic E-state index is 12.2. The molecule has 2 aliphatic heterocycles. The first-order valence-corrected chi connectivity index (χ1v) is 6.72. The summed E-state index contributed by atoms with van der Waals surface area (Å²) in [7, 11) is 0. The van der Waals surface area contributed by atoms with E-state index in [4.69, 9.17) is 9.84 Å². The Morgan fingerprint density at radius 3 is 2.39 bits per heavy atom. The monoisotopic (exact) mass is 255 g/mol. The van der Waals surface area contributed by atoms with Crippen molar-refractivity contribution in [2.45, 2.75) is 51.2 Å². The lowest BCUT2D eigenvalue weighted by Gasteiger charge is -2.32. The molecule has 5 nitrogen and oxygen atoms in total. The topological polar surface area (TPSA) is 66.8 Å². The highest BCUT2D eigenvalue weighted by Gasteiger charge is 2.33. The molecule has 2 atom stereocenters. The molecule has 0 aliphatic carbocycles. The molecule has 2 aliphatic rings. The number of piperidine rings is 1. The van der Waals surface area contributed by atoms with Gasteiger partial charge in [-0.3, -0.25) is 9.59 Å². The van der Waals surface area contributed by atoms with Crippen LogP contribution in [0, 0.1) is 5.92 Å². The van der Waals surface area contributed by atoms with E-state index in [2.05, 4.69) is 0 Å². The number of ether oxygens (including phenoxy) is 1. The number of amides is 1. The van der Waals surface area contributed by atoms with Crippen molar-refractivity contribution in [1.29, 1.82) is 0 Å². The maximum Gasteiger partial charge on any atom is 0.303 e. The number of carbonyl (C=O) groups excluding carboxylic acids is 1. The third-order valence-electron chi connectivity index (χ3n) is 3.90. The molecule has 0 aromatic rings. The zero-order valence-electron chi connectivity index (χ0n) is 10.8. The lowest BCUT2D eigenvalue weighted by atomic mass is 9.93. The second-order valence-corrected chi connectivity index (χ2v) is 5.38. The van der Waals surface area contributed by atoms with Crippen molar-refractivity contribution in [1.82, 2.24) is 4.90 Å². The molecule has 0 spiro atoms. The number of likely N-dealkylation sites (tertiary alicyclic amines) is 1. The van der Waals surface area contributed by atoms with Gasteiger partial charge < -0.3 is 14.7 Å². The lowest BCUT2D eigenvalue weighted by Crippen LogP contribution is -2.44. The summed E-state index contributed by atoms with van der Waals surface area (Å²) in [5.74, 6) is -0.434. The van der Waals surface area contributed by atoms with Crippen molar-refractivity contribution < 1.29 is 19.4 Å². The molecule has 2 rings (SSSR count). The van der Waals surface area contributed by atoms with Crippen molar-refractivity contribution in [3.63, 3.8) is 0 Å². The number of hydrogen-bond acceptors (Lipinski definition) is 3. The fraction of sp³-hybridized carbons (Fsp3) is 0.846. The van der Waals surface area contributed by atoms with Crippen LogP contribution in [0.3, 0.4) is 0 Å². The van der Waals surface area contributed by atoms with E-state index >= 15 is 0 Å². The molecule has 0 radical (unpaired) electrons. The zero-order chi connectivity index (χ0) is 13.1. The highest BCUT2D eigenvalue weighted by molar-refractivity contribution is 5.81. The second kappa shape index (κ2) is 5.69. The summed E-state index contributed by atoms with van der Waals surface area (Å²) in [5.41, 5.74) is 0. The van der Waals surface area contributed by atoms with E-state index in [-0.39, 0.29) is 30.5 Å². The average molecular weight is 255 g/mol. The summed E-state index contributed by atoms with van der Waals surface area (Å²) in [6, 6.07) is 0. The number of carboxylic acids is 1. The van der Waals surface area contributed by atoms with Crippen molar-refractivity contribution >= 4 is 11.9 Å². The van der Waals surface area contributed by atoms with E-state index in [1.54, 1.807) is 0 Å².